The van der Waals surface area contributed by atoms with Gasteiger partial charge in [-0.3, -0.25) is 0 Å². The van der Waals surface area contributed by atoms with Crippen LogP contribution >= 0.6 is 11.6 Å². The fourth-order valence-electron chi connectivity index (χ4n) is 1.19. The molecule has 0 aliphatic heterocycles. The van der Waals surface area contributed by atoms with Crippen LogP contribution in [0.5, 0.6) is 0 Å². The Morgan fingerprint density at radius 2 is 2.13 bits per heavy atom. The van der Waals surface area contributed by atoms with E-state index in [1.807, 2.05) is 0 Å². The Balaban J connectivity index is 2.48. The van der Waals surface area contributed by atoms with Crippen molar-refractivity contribution in [2.24, 2.45) is 0 Å². The van der Waals surface area contributed by atoms with Crippen LogP contribution in [0, 0.1) is 0 Å². The molecule has 6 heteroatoms. The molecule has 0 aliphatic carbocycles. The van der Waals surface area contributed by atoms with E-state index in [4.69, 9.17) is 11.6 Å². The van der Waals surface area contributed by atoms with Gasteiger partial charge in [-0.25, -0.2) is 13.5 Å². The average Bonchev–Trinajstić information content (AvgIpc) is 2.71. The van der Waals surface area contributed by atoms with Crippen molar-refractivity contribution in [1.29, 1.82) is 0 Å². The molecule has 0 radical (unpaired) electrons. The van der Waals surface area contributed by atoms with Crippen molar-refractivity contribution in [3.05, 3.63) is 41.2 Å². The van der Waals surface area contributed by atoms with Gasteiger partial charge in [0.15, 0.2) is 0 Å². The van der Waals surface area contributed by atoms with Gasteiger partial charge >= 0.3 is 0 Å². The molecule has 78 valence electrons. The molecule has 2 aromatic rings. The Morgan fingerprint density at radius 1 is 1.33 bits per heavy atom. The summed E-state index contributed by atoms with van der Waals surface area (Å²) in [6.45, 7) is 0. The molecule has 0 amide bonds. The van der Waals surface area contributed by atoms with Crippen LogP contribution in [0.1, 0.15) is 12.0 Å². The fourth-order valence-corrected chi connectivity index (χ4v) is 1.39. The first-order valence-corrected chi connectivity index (χ1v) is 4.50. The zero-order valence-corrected chi connectivity index (χ0v) is 8.20. The van der Waals surface area contributed by atoms with Gasteiger partial charge in [-0.2, -0.15) is 0 Å². The molecule has 0 fully saturated rings. The van der Waals surface area contributed by atoms with E-state index in [1.165, 1.54) is 23.0 Å². The Morgan fingerprint density at radius 3 is 2.73 bits per heavy atom. The van der Waals surface area contributed by atoms with E-state index in [2.05, 4.69) is 10.3 Å². The topological polar surface area (TPSA) is 30.7 Å². The summed E-state index contributed by atoms with van der Waals surface area (Å²) < 4.78 is 26.4. The quantitative estimate of drug-likeness (QED) is 0.793. The van der Waals surface area contributed by atoms with Crippen molar-refractivity contribution in [3.63, 3.8) is 0 Å². The van der Waals surface area contributed by atoms with Gasteiger partial charge in [0.25, 0.3) is 6.43 Å². The van der Waals surface area contributed by atoms with Gasteiger partial charge in [-0.1, -0.05) is 16.8 Å². The first kappa shape index (κ1) is 10.0. The zero-order chi connectivity index (χ0) is 10.8. The number of benzene rings is 1. The van der Waals surface area contributed by atoms with Crippen molar-refractivity contribution in [2.45, 2.75) is 6.43 Å². The molecule has 3 nitrogen and oxygen atoms in total. The van der Waals surface area contributed by atoms with Crippen LogP contribution in [-0.2, 0) is 0 Å². The SMILES string of the molecule is FC(F)c1cc(-n2ccnn2)ccc1Cl. The smallest absolute Gasteiger partial charge is 0.221 e. The van der Waals surface area contributed by atoms with Crippen molar-refractivity contribution < 1.29 is 8.78 Å². The third-order valence-corrected chi connectivity index (χ3v) is 2.25. The molecule has 15 heavy (non-hydrogen) atoms. The van der Waals surface area contributed by atoms with E-state index in [-0.39, 0.29) is 10.6 Å². The summed E-state index contributed by atoms with van der Waals surface area (Å²) >= 11 is 5.63. The maximum Gasteiger partial charge on any atom is 0.265 e. The molecule has 0 atom stereocenters. The number of halogens is 3. The predicted molar refractivity (Wildman–Crippen MR) is 51.3 cm³/mol. The predicted octanol–water partition coefficient (Wildman–Crippen LogP) is 2.86. The second-order valence-electron chi connectivity index (χ2n) is 2.85. The minimum Gasteiger partial charge on any atom is -0.221 e. The number of nitrogens with zero attached hydrogens (tertiary/aromatic N) is 3. The minimum atomic E-state index is -2.60. The van der Waals surface area contributed by atoms with Crippen LogP contribution in [0.25, 0.3) is 5.69 Å². The summed E-state index contributed by atoms with van der Waals surface area (Å²) in [7, 11) is 0. The highest BCUT2D eigenvalue weighted by atomic mass is 35.5. The first-order chi connectivity index (χ1) is 7.18. The van der Waals surface area contributed by atoms with Gasteiger partial charge in [-0.15, -0.1) is 5.10 Å². The summed E-state index contributed by atoms with van der Waals surface area (Å²) in [4.78, 5) is 0. The van der Waals surface area contributed by atoms with Gasteiger partial charge in [0.05, 0.1) is 18.1 Å². The second kappa shape index (κ2) is 3.94. The third-order valence-electron chi connectivity index (χ3n) is 1.90. The normalized spacial score (nSPS) is 10.9. The number of hydrogen-bond donors (Lipinski definition) is 0. The summed E-state index contributed by atoms with van der Waals surface area (Å²) in [5, 5.41) is 7.33. The van der Waals surface area contributed by atoms with Crippen LogP contribution in [0.15, 0.2) is 30.6 Å². The Kier molecular flexibility index (Phi) is 2.64. The van der Waals surface area contributed by atoms with E-state index in [9.17, 15) is 8.78 Å². The molecule has 1 aromatic carbocycles. The van der Waals surface area contributed by atoms with Gasteiger partial charge < -0.3 is 0 Å². The minimum absolute atomic E-state index is 0.0499. The van der Waals surface area contributed by atoms with E-state index in [1.54, 1.807) is 12.3 Å². The lowest BCUT2D eigenvalue weighted by atomic mass is 10.2. The maximum absolute atomic E-state index is 12.5. The molecule has 0 N–H and O–H groups in total. The number of aromatic nitrogens is 3. The highest BCUT2D eigenvalue weighted by Gasteiger charge is 2.13. The van der Waals surface area contributed by atoms with E-state index < -0.39 is 6.43 Å². The molecular formula is C9H6ClF2N3. The Bertz CT molecular complexity index is 456. The standard InChI is InChI=1S/C9H6ClF2N3/c10-8-2-1-6(5-7(8)9(11)12)15-4-3-13-14-15/h1-5,9H. The molecule has 1 aromatic heterocycles. The van der Waals surface area contributed by atoms with Crippen LogP contribution < -0.4 is 0 Å². The fraction of sp³-hybridized carbons (Fsp3) is 0.111. The van der Waals surface area contributed by atoms with Crippen molar-refractivity contribution in [3.8, 4) is 5.69 Å². The van der Waals surface area contributed by atoms with Crippen LogP contribution in [0.4, 0.5) is 8.78 Å². The molecule has 0 saturated heterocycles. The van der Waals surface area contributed by atoms with Gasteiger partial charge in [0, 0.05) is 10.6 Å². The maximum atomic E-state index is 12.5. The third kappa shape index (κ3) is 1.97. The van der Waals surface area contributed by atoms with Gasteiger partial charge in [-0.05, 0) is 18.2 Å². The van der Waals surface area contributed by atoms with E-state index >= 15 is 0 Å². The molecule has 0 saturated carbocycles. The lowest BCUT2D eigenvalue weighted by Gasteiger charge is -2.05. The molecule has 0 spiro atoms. The highest BCUT2D eigenvalue weighted by molar-refractivity contribution is 6.31. The van der Waals surface area contributed by atoms with E-state index in [0.29, 0.717) is 5.69 Å². The summed E-state index contributed by atoms with van der Waals surface area (Å²) in [6, 6.07) is 4.31. The van der Waals surface area contributed by atoms with Crippen LogP contribution in [-0.4, -0.2) is 15.0 Å². The Labute approximate surface area is 89.3 Å². The van der Waals surface area contributed by atoms with Crippen LogP contribution in [0.2, 0.25) is 5.02 Å². The van der Waals surface area contributed by atoms with Crippen molar-refractivity contribution in [1.82, 2.24) is 15.0 Å². The van der Waals surface area contributed by atoms with Gasteiger partial charge in [0.2, 0.25) is 0 Å². The largest absolute Gasteiger partial charge is 0.265 e. The molecule has 0 aliphatic rings. The lowest BCUT2D eigenvalue weighted by Crippen LogP contribution is -1.97. The first-order valence-electron chi connectivity index (χ1n) is 4.13. The number of alkyl halides is 2. The molecule has 0 unspecified atom stereocenters. The highest BCUT2D eigenvalue weighted by Crippen LogP contribution is 2.28. The molecule has 1 heterocycles. The second-order valence-corrected chi connectivity index (χ2v) is 3.26. The molecule has 0 bridgehead atoms. The molecular weight excluding hydrogens is 224 g/mol. The number of hydrogen-bond acceptors (Lipinski definition) is 2. The Hall–Kier alpha value is -1.49. The monoisotopic (exact) mass is 229 g/mol. The van der Waals surface area contributed by atoms with Crippen molar-refractivity contribution >= 4 is 11.6 Å². The van der Waals surface area contributed by atoms with Gasteiger partial charge in [0.1, 0.15) is 0 Å². The summed E-state index contributed by atoms with van der Waals surface area (Å²) in [5.41, 5.74) is 0.303. The van der Waals surface area contributed by atoms with Crippen LogP contribution in [0.3, 0.4) is 0 Å². The summed E-state index contributed by atoms with van der Waals surface area (Å²) in [5.74, 6) is 0. The lowest BCUT2D eigenvalue weighted by molar-refractivity contribution is 0.151. The summed E-state index contributed by atoms with van der Waals surface area (Å²) in [6.07, 6.45) is 0.441. The van der Waals surface area contributed by atoms with E-state index in [0.717, 1.165) is 0 Å². The zero-order valence-electron chi connectivity index (χ0n) is 7.44. The number of rotatable bonds is 2. The van der Waals surface area contributed by atoms with Crippen molar-refractivity contribution in [2.75, 3.05) is 0 Å². The molecule has 2 rings (SSSR count). The average molecular weight is 230 g/mol.